The Morgan fingerprint density at radius 2 is 0.533 bits per heavy atom. The van der Waals surface area contributed by atoms with Gasteiger partial charge < -0.3 is 4.74 Å². The van der Waals surface area contributed by atoms with Crippen LogP contribution in [0.25, 0.3) is 291 Å². The summed E-state index contributed by atoms with van der Waals surface area (Å²) in [6.07, 6.45) is -0.173. The summed E-state index contributed by atoms with van der Waals surface area (Å²) in [7, 11) is -4.25. The van der Waals surface area contributed by atoms with Crippen LogP contribution in [-0.4, -0.2) is 19.0 Å². The standard InChI is InChI=1S/C70H13NO3S/c1-3-10-71(75(72,73)9-6-4-8(2)5-7-9)69-65-57-49-39-29-21-13-11-12-15-19-17(13)25-33-27(19)37-31-23(15)24-16(12)20-18-14(11)22(21)30-36-26(18)34-28(20)38-32(24)42-41(31)53-47(37)55-45(33)51(43(49)35(25)29)59(65)61(55)67-63(53)64-54(42)48(38)56-46(34)52-44(36)50(40(30)39)58(57)66(69)60(52)62(56)68(64)70(67,69)74-10/h4-7,10H,3H2,1-2H3. The minimum absolute atomic E-state index is 0.365. The summed E-state index contributed by atoms with van der Waals surface area (Å²) in [5.74, 6) is 0. The van der Waals surface area contributed by atoms with Crippen molar-refractivity contribution in [2.45, 2.75) is 42.5 Å². The number of ether oxygens (including phenoxy) is 1. The Morgan fingerprint density at radius 1 is 0.333 bits per heavy atom. The molecule has 4 aliphatic carbocycles. The maximum atomic E-state index is 17.1. The van der Waals surface area contributed by atoms with E-state index in [0.29, 0.717) is 11.3 Å². The van der Waals surface area contributed by atoms with Crippen LogP contribution >= 0.6 is 0 Å². The van der Waals surface area contributed by atoms with Crippen molar-refractivity contribution < 1.29 is 13.2 Å². The lowest BCUT2D eigenvalue weighted by molar-refractivity contribution is -0.0353. The van der Waals surface area contributed by atoms with Crippen molar-refractivity contribution in [1.82, 2.24) is 4.31 Å². The Hall–Kier alpha value is -8.45. The van der Waals surface area contributed by atoms with Crippen molar-refractivity contribution in [3.8, 4) is 0 Å². The SMILES string of the molecule is CCC1OC23c4c5c6c7c8c9c(c%10c%11c2c2c4c4c%12c5c5c6c6c8c8c%13c9c9c%10c%10c%11c%11c2c2c4c4c%12c%12c5c5c6c8c6c8c%13c9c9c%10c%10c%11c2c2c4c4c%12c5c6c5c8c9c%10c2c45)C73N1S(=O)(=O)c1ccc(C)cc1. The summed E-state index contributed by atoms with van der Waals surface area (Å²) in [5.41, 5.74) is 3.89. The van der Waals surface area contributed by atoms with Gasteiger partial charge in [0.2, 0.25) is 10.0 Å². The van der Waals surface area contributed by atoms with Crippen molar-refractivity contribution in [2.24, 2.45) is 0 Å². The van der Waals surface area contributed by atoms with E-state index < -0.39 is 27.4 Å². The molecule has 5 aliphatic rings. The van der Waals surface area contributed by atoms with Crippen LogP contribution in [0.1, 0.15) is 41.2 Å². The number of nitrogens with zero attached hydrogens (tertiary/aromatic N) is 1. The van der Waals surface area contributed by atoms with E-state index >= 15 is 8.42 Å². The molecule has 1 atom stereocenters. The third-order valence-corrected chi connectivity index (χ3v) is 27.9. The van der Waals surface area contributed by atoms with Crippen molar-refractivity contribution in [3.63, 3.8) is 0 Å². The largest absolute Gasteiger partial charge is 0.343 e. The molecule has 4 nitrogen and oxygen atoms in total. The van der Waals surface area contributed by atoms with E-state index in [1.165, 1.54) is 216 Å². The molecule has 1 aliphatic heterocycles. The van der Waals surface area contributed by atoms with Gasteiger partial charge in [0, 0.05) is 11.1 Å². The Morgan fingerprint density at radius 3 is 0.747 bits per heavy atom. The molecule has 29 aromatic carbocycles. The highest BCUT2D eigenvalue weighted by Crippen LogP contribution is 2.86. The zero-order valence-corrected chi connectivity index (χ0v) is 39.5. The van der Waals surface area contributed by atoms with Crippen LogP contribution in [0.5, 0.6) is 0 Å². The van der Waals surface area contributed by atoms with Gasteiger partial charge >= 0.3 is 0 Å². The van der Waals surface area contributed by atoms with Crippen molar-refractivity contribution >= 4 is 301 Å². The fourth-order valence-electron chi connectivity index (χ4n) is 25.6. The quantitative estimate of drug-likeness (QED) is 0.166. The molecule has 1 fully saturated rings. The van der Waals surface area contributed by atoms with Gasteiger partial charge in [0.1, 0.15) is 11.8 Å². The molecular formula is C70H13NO3S. The normalized spacial score (nSPS) is 23.4. The molecule has 0 amide bonds. The van der Waals surface area contributed by atoms with Gasteiger partial charge in [-0.25, -0.2) is 8.42 Å². The molecule has 34 rings (SSSR count). The first-order valence-electron chi connectivity index (χ1n) is 27.6. The minimum atomic E-state index is -4.25. The Bertz CT molecular complexity index is 7560. The summed E-state index contributed by atoms with van der Waals surface area (Å²) in [6.45, 7) is 4.27. The molecule has 1 heterocycles. The first-order valence-corrected chi connectivity index (χ1v) is 29.0. The van der Waals surface area contributed by atoms with E-state index in [0.717, 1.165) is 5.56 Å². The van der Waals surface area contributed by atoms with E-state index in [4.69, 9.17) is 4.74 Å². The summed E-state index contributed by atoms with van der Waals surface area (Å²) in [6, 6.07) is 7.80. The van der Waals surface area contributed by atoms with Crippen molar-refractivity contribution in [1.29, 1.82) is 0 Å². The monoisotopic (exact) mass is 947 g/mol. The first-order chi connectivity index (χ1) is 37.0. The van der Waals surface area contributed by atoms with Crippen LogP contribution in [0.3, 0.4) is 0 Å². The average Bonchev–Trinajstić information content (AvgIpc) is 3.36. The number of hydrogen-bond donors (Lipinski definition) is 0. The smallest absolute Gasteiger partial charge is 0.246 e. The number of aryl methyl sites for hydroxylation is 1. The molecule has 0 aromatic heterocycles. The molecule has 0 saturated carbocycles. The first kappa shape index (κ1) is 29.4. The molecule has 1 saturated heterocycles. The molecule has 1 unspecified atom stereocenters. The maximum Gasteiger partial charge on any atom is 0.246 e. The highest BCUT2D eigenvalue weighted by molar-refractivity contribution is 7.89. The molecule has 322 valence electrons. The van der Waals surface area contributed by atoms with Crippen LogP contribution in [0.4, 0.5) is 0 Å². The van der Waals surface area contributed by atoms with E-state index in [-0.39, 0.29) is 0 Å². The lowest BCUT2D eigenvalue weighted by atomic mass is 9.60. The van der Waals surface area contributed by atoms with Crippen LogP contribution in [-0.2, 0) is 25.9 Å². The van der Waals surface area contributed by atoms with Gasteiger partial charge in [0.05, 0.1) is 4.90 Å². The van der Waals surface area contributed by atoms with E-state index in [1.54, 1.807) is 97.0 Å². The second-order valence-corrected chi connectivity index (χ2v) is 28.6. The molecule has 0 radical (unpaired) electrons. The second-order valence-electron chi connectivity index (χ2n) is 26.7. The Balaban J connectivity index is 1.12. The van der Waals surface area contributed by atoms with E-state index in [1.807, 2.05) is 24.3 Å². The third-order valence-electron chi connectivity index (χ3n) is 26.0. The van der Waals surface area contributed by atoms with E-state index in [2.05, 4.69) is 18.2 Å². The van der Waals surface area contributed by atoms with Gasteiger partial charge in [-0.15, -0.1) is 0 Å². The van der Waals surface area contributed by atoms with Gasteiger partial charge in [-0.05, 0) is 327 Å². The second kappa shape index (κ2) is 6.72. The van der Waals surface area contributed by atoms with Crippen LogP contribution in [0.15, 0.2) is 29.2 Å². The Labute approximate surface area is 410 Å². The zero-order chi connectivity index (χ0) is 45.5. The number of hydrogen-bond acceptors (Lipinski definition) is 3. The number of sulfonamides is 1. The van der Waals surface area contributed by atoms with Gasteiger partial charge in [0.15, 0.2) is 5.60 Å². The predicted molar refractivity (Wildman–Crippen MR) is 309 cm³/mol. The molecule has 2 spiro atoms. The minimum Gasteiger partial charge on any atom is -0.343 e. The van der Waals surface area contributed by atoms with Gasteiger partial charge in [0.25, 0.3) is 0 Å². The van der Waals surface area contributed by atoms with Crippen LogP contribution in [0.2, 0.25) is 0 Å². The molecule has 29 aromatic rings. The maximum absolute atomic E-state index is 17.1. The van der Waals surface area contributed by atoms with Gasteiger partial charge in [-0.1, -0.05) is 24.6 Å². The molecule has 0 N–H and O–H groups in total. The predicted octanol–water partition coefficient (Wildman–Crippen LogP) is 18.0. The van der Waals surface area contributed by atoms with Crippen LogP contribution in [0, 0.1) is 6.92 Å². The molecule has 0 bridgehead atoms. The number of benzene rings is 19. The van der Waals surface area contributed by atoms with Crippen LogP contribution < -0.4 is 0 Å². The highest BCUT2D eigenvalue weighted by atomic mass is 32.2. The fourth-order valence-corrected chi connectivity index (χ4v) is 27.5. The summed E-state index contributed by atoms with van der Waals surface area (Å²) < 4.78 is 44.9. The zero-order valence-electron chi connectivity index (χ0n) is 38.7. The highest BCUT2D eigenvalue weighted by Gasteiger charge is 2.79. The van der Waals surface area contributed by atoms with Gasteiger partial charge in [-0.2, -0.15) is 4.31 Å². The topological polar surface area (TPSA) is 46.6 Å². The Kier molecular flexibility index (Phi) is 2.64. The lowest BCUT2D eigenvalue weighted by Crippen LogP contribution is -2.58. The average molecular weight is 948 g/mol. The summed E-state index contributed by atoms with van der Waals surface area (Å²) >= 11 is 0. The molecular weight excluding hydrogens is 935 g/mol. The molecule has 75 heavy (non-hydrogen) atoms. The van der Waals surface area contributed by atoms with Gasteiger partial charge in [-0.3, -0.25) is 0 Å². The number of rotatable bonds is 3. The lowest BCUT2D eigenvalue weighted by Gasteiger charge is -2.50. The summed E-state index contributed by atoms with van der Waals surface area (Å²) in [5, 5.41) is 81.0. The van der Waals surface area contributed by atoms with Crippen molar-refractivity contribution in [2.75, 3.05) is 0 Å². The molecule has 5 heteroatoms. The third kappa shape index (κ3) is 1.63. The fraction of sp³-hybridized carbons (Fsp3) is 0.0857. The van der Waals surface area contributed by atoms with E-state index in [9.17, 15) is 0 Å². The summed E-state index contributed by atoms with van der Waals surface area (Å²) in [4.78, 5) is 0.365. The van der Waals surface area contributed by atoms with Crippen molar-refractivity contribution in [3.05, 3.63) is 52.1 Å².